The van der Waals surface area contributed by atoms with Crippen molar-refractivity contribution in [1.29, 1.82) is 0 Å². The fraction of sp³-hybridized carbons (Fsp3) is 0.647. The molecule has 2 rings (SSSR count). The van der Waals surface area contributed by atoms with E-state index in [9.17, 15) is 4.79 Å². The molecule has 1 amide bonds. The van der Waals surface area contributed by atoms with Crippen molar-refractivity contribution in [3.05, 3.63) is 29.6 Å². The number of amides is 1. The van der Waals surface area contributed by atoms with E-state index < -0.39 is 5.60 Å². The second kappa shape index (κ2) is 7.09. The van der Waals surface area contributed by atoms with Crippen LogP contribution < -0.4 is 5.32 Å². The normalized spacial score (nSPS) is 18.5. The zero-order valence-electron chi connectivity index (χ0n) is 14.1. The molecule has 5 heteroatoms. The molecule has 1 fully saturated rings. The number of hydrogen-bond acceptors (Lipinski definition) is 4. The molecule has 22 heavy (non-hydrogen) atoms. The number of carbonyl (C=O) groups excluding carboxylic acids is 1. The summed E-state index contributed by atoms with van der Waals surface area (Å²) in [6.07, 6.45) is 5.56. The summed E-state index contributed by atoms with van der Waals surface area (Å²) in [6.45, 7) is 10.2. The number of aromatic nitrogens is 1. The van der Waals surface area contributed by atoms with E-state index in [1.807, 2.05) is 44.1 Å². The number of rotatable bonds is 4. The molecular formula is C17H27N3O2. The van der Waals surface area contributed by atoms with Crippen LogP contribution in [0.3, 0.4) is 0 Å². The minimum Gasteiger partial charge on any atom is -0.444 e. The van der Waals surface area contributed by atoms with Gasteiger partial charge in [0.25, 0.3) is 0 Å². The molecule has 0 bridgehead atoms. The molecule has 1 saturated heterocycles. The maximum atomic E-state index is 12.2. The molecule has 0 spiro atoms. The third-order valence-corrected chi connectivity index (χ3v) is 3.84. The fourth-order valence-electron chi connectivity index (χ4n) is 2.68. The lowest BCUT2D eigenvalue weighted by Crippen LogP contribution is -2.44. The summed E-state index contributed by atoms with van der Waals surface area (Å²) in [5.41, 5.74) is 1.99. The Labute approximate surface area is 133 Å². The highest BCUT2D eigenvalue weighted by atomic mass is 16.6. The zero-order valence-corrected chi connectivity index (χ0v) is 14.1. The number of carbonyl (C=O) groups is 1. The third kappa shape index (κ3) is 4.70. The summed E-state index contributed by atoms with van der Waals surface area (Å²) in [5, 5.41) is 3.45. The Morgan fingerprint density at radius 2 is 2.27 bits per heavy atom. The molecule has 1 aliphatic rings. The van der Waals surface area contributed by atoms with E-state index in [1.165, 1.54) is 11.1 Å². The van der Waals surface area contributed by atoms with Gasteiger partial charge in [0.05, 0.1) is 0 Å². The van der Waals surface area contributed by atoms with Crippen molar-refractivity contribution in [3.63, 3.8) is 0 Å². The van der Waals surface area contributed by atoms with Crippen molar-refractivity contribution in [2.75, 3.05) is 13.1 Å². The lowest BCUT2D eigenvalue weighted by molar-refractivity contribution is 0.0226. The monoisotopic (exact) mass is 305 g/mol. The van der Waals surface area contributed by atoms with Gasteiger partial charge in [0.2, 0.25) is 0 Å². The van der Waals surface area contributed by atoms with Gasteiger partial charge in [0.15, 0.2) is 0 Å². The molecule has 5 nitrogen and oxygen atoms in total. The predicted molar refractivity (Wildman–Crippen MR) is 86.6 cm³/mol. The Balaban J connectivity index is 1.84. The van der Waals surface area contributed by atoms with E-state index in [0.717, 1.165) is 32.5 Å². The minimum atomic E-state index is -0.439. The van der Waals surface area contributed by atoms with Crippen LogP contribution in [0, 0.1) is 6.92 Å². The maximum absolute atomic E-state index is 12.2. The molecule has 2 heterocycles. The molecule has 0 aliphatic carbocycles. The van der Waals surface area contributed by atoms with Gasteiger partial charge in [-0.3, -0.25) is 4.98 Å². The minimum absolute atomic E-state index is 0.197. The first-order valence-corrected chi connectivity index (χ1v) is 7.96. The van der Waals surface area contributed by atoms with Crippen molar-refractivity contribution in [1.82, 2.24) is 15.2 Å². The SMILES string of the molecule is Cc1cnccc1CNCC1CCCN1C(=O)OC(C)(C)C. The van der Waals surface area contributed by atoms with Crippen molar-refractivity contribution >= 4 is 6.09 Å². The van der Waals surface area contributed by atoms with Gasteiger partial charge in [-0.25, -0.2) is 4.79 Å². The van der Waals surface area contributed by atoms with E-state index in [0.29, 0.717) is 0 Å². The molecular weight excluding hydrogens is 278 g/mol. The summed E-state index contributed by atoms with van der Waals surface area (Å²) in [5.74, 6) is 0. The van der Waals surface area contributed by atoms with E-state index in [1.54, 1.807) is 0 Å². The second-order valence-electron chi connectivity index (χ2n) is 6.90. The van der Waals surface area contributed by atoms with Gasteiger partial charge in [-0.05, 0) is 57.7 Å². The van der Waals surface area contributed by atoms with Crippen LogP contribution >= 0.6 is 0 Å². The van der Waals surface area contributed by atoms with Gasteiger partial charge in [-0.2, -0.15) is 0 Å². The quantitative estimate of drug-likeness (QED) is 0.929. The Morgan fingerprint density at radius 1 is 1.50 bits per heavy atom. The van der Waals surface area contributed by atoms with E-state index in [2.05, 4.69) is 17.2 Å². The first kappa shape index (κ1) is 16.7. The number of nitrogens with one attached hydrogen (secondary N) is 1. The average Bonchev–Trinajstić information content (AvgIpc) is 2.87. The summed E-state index contributed by atoms with van der Waals surface area (Å²) in [7, 11) is 0. The van der Waals surface area contributed by atoms with Gasteiger partial charge < -0.3 is 15.0 Å². The molecule has 1 aliphatic heterocycles. The van der Waals surface area contributed by atoms with Gasteiger partial charge in [-0.15, -0.1) is 0 Å². The number of pyridine rings is 1. The van der Waals surface area contributed by atoms with Crippen LogP contribution in [0.2, 0.25) is 0 Å². The van der Waals surface area contributed by atoms with Crippen LogP contribution in [-0.2, 0) is 11.3 Å². The van der Waals surface area contributed by atoms with Crippen molar-refractivity contribution in [2.24, 2.45) is 0 Å². The smallest absolute Gasteiger partial charge is 0.410 e. The first-order valence-electron chi connectivity index (χ1n) is 7.96. The molecule has 1 aromatic heterocycles. The van der Waals surface area contributed by atoms with Crippen molar-refractivity contribution in [3.8, 4) is 0 Å². The highest BCUT2D eigenvalue weighted by molar-refractivity contribution is 5.69. The van der Waals surface area contributed by atoms with Crippen LogP contribution in [0.15, 0.2) is 18.5 Å². The molecule has 1 unspecified atom stereocenters. The van der Waals surface area contributed by atoms with Crippen LogP contribution in [0.25, 0.3) is 0 Å². The van der Waals surface area contributed by atoms with Crippen LogP contribution in [-0.4, -0.2) is 40.7 Å². The summed E-state index contributed by atoms with van der Waals surface area (Å²) in [6, 6.07) is 2.25. The number of aryl methyl sites for hydroxylation is 1. The van der Waals surface area contributed by atoms with Gasteiger partial charge in [-0.1, -0.05) is 0 Å². The number of likely N-dealkylation sites (tertiary alicyclic amines) is 1. The molecule has 0 radical (unpaired) electrons. The van der Waals surface area contributed by atoms with E-state index in [-0.39, 0.29) is 12.1 Å². The Hall–Kier alpha value is -1.62. The fourth-order valence-corrected chi connectivity index (χ4v) is 2.68. The largest absolute Gasteiger partial charge is 0.444 e. The number of hydrogen-bond donors (Lipinski definition) is 1. The van der Waals surface area contributed by atoms with Crippen molar-refractivity contribution in [2.45, 2.75) is 58.7 Å². The zero-order chi connectivity index (χ0) is 16.2. The summed E-state index contributed by atoms with van der Waals surface area (Å²) < 4.78 is 5.49. The van der Waals surface area contributed by atoms with E-state index >= 15 is 0 Å². The second-order valence-corrected chi connectivity index (χ2v) is 6.90. The lowest BCUT2D eigenvalue weighted by Gasteiger charge is -2.28. The molecule has 1 N–H and O–H groups in total. The first-order chi connectivity index (χ1) is 10.4. The topological polar surface area (TPSA) is 54.5 Å². The molecule has 0 aromatic carbocycles. The highest BCUT2D eigenvalue weighted by Gasteiger charge is 2.31. The van der Waals surface area contributed by atoms with E-state index in [4.69, 9.17) is 4.74 Å². The standard InChI is InChI=1S/C17H27N3O2/c1-13-10-18-8-7-14(13)11-19-12-15-6-5-9-20(15)16(21)22-17(2,3)4/h7-8,10,15,19H,5-6,9,11-12H2,1-4H3. The lowest BCUT2D eigenvalue weighted by atomic mass is 10.1. The Kier molecular flexibility index (Phi) is 5.40. The number of nitrogens with zero attached hydrogens (tertiary/aromatic N) is 2. The van der Waals surface area contributed by atoms with Crippen LogP contribution in [0.1, 0.15) is 44.7 Å². The van der Waals surface area contributed by atoms with Crippen LogP contribution in [0.4, 0.5) is 4.79 Å². The Morgan fingerprint density at radius 3 is 2.95 bits per heavy atom. The molecule has 0 saturated carbocycles. The number of ether oxygens (including phenoxy) is 1. The summed E-state index contributed by atoms with van der Waals surface area (Å²) >= 11 is 0. The highest BCUT2D eigenvalue weighted by Crippen LogP contribution is 2.20. The van der Waals surface area contributed by atoms with Gasteiger partial charge >= 0.3 is 6.09 Å². The molecule has 122 valence electrons. The Bertz CT molecular complexity index is 511. The van der Waals surface area contributed by atoms with Gasteiger partial charge in [0.1, 0.15) is 5.60 Å². The summed E-state index contributed by atoms with van der Waals surface area (Å²) in [4.78, 5) is 18.2. The van der Waals surface area contributed by atoms with Crippen LogP contribution in [0.5, 0.6) is 0 Å². The van der Waals surface area contributed by atoms with Gasteiger partial charge in [0, 0.05) is 38.1 Å². The molecule has 1 atom stereocenters. The molecule has 1 aromatic rings. The van der Waals surface area contributed by atoms with Crippen molar-refractivity contribution < 1.29 is 9.53 Å². The maximum Gasteiger partial charge on any atom is 0.410 e. The average molecular weight is 305 g/mol. The third-order valence-electron chi connectivity index (χ3n) is 3.84. The predicted octanol–water partition coefficient (Wildman–Crippen LogP) is 2.88.